The summed E-state index contributed by atoms with van der Waals surface area (Å²) >= 11 is 0. The third-order valence-corrected chi connectivity index (χ3v) is 2.88. The van der Waals surface area contributed by atoms with Gasteiger partial charge in [0.25, 0.3) is 5.91 Å². The summed E-state index contributed by atoms with van der Waals surface area (Å²) in [4.78, 5) is 20.0. The first-order valence-corrected chi connectivity index (χ1v) is 5.92. The Bertz CT molecular complexity index is 706. The second-order valence-electron chi connectivity index (χ2n) is 4.18. The standard InChI is InChI=1S/C14H12N4O/c19-14(17-8-11-1-4-15-5-2-11)12-3-6-18-10-16-9-13(18)7-12/h1-7,9-10H,8H2,(H,17,19). The third kappa shape index (κ3) is 2.44. The second kappa shape index (κ2) is 4.89. The van der Waals surface area contributed by atoms with E-state index >= 15 is 0 Å². The Morgan fingerprint density at radius 2 is 2.05 bits per heavy atom. The van der Waals surface area contributed by atoms with Crippen LogP contribution in [0.25, 0.3) is 5.52 Å². The van der Waals surface area contributed by atoms with E-state index in [-0.39, 0.29) is 5.91 Å². The van der Waals surface area contributed by atoms with Gasteiger partial charge in [-0.05, 0) is 29.8 Å². The molecule has 0 aliphatic carbocycles. The van der Waals surface area contributed by atoms with Gasteiger partial charge in [-0.15, -0.1) is 0 Å². The van der Waals surface area contributed by atoms with Crippen LogP contribution in [0.15, 0.2) is 55.4 Å². The smallest absolute Gasteiger partial charge is 0.251 e. The number of carbonyl (C=O) groups excluding carboxylic acids is 1. The molecule has 0 atom stereocenters. The molecule has 3 aromatic rings. The van der Waals surface area contributed by atoms with Crippen LogP contribution in [0, 0.1) is 0 Å². The van der Waals surface area contributed by atoms with E-state index in [0.717, 1.165) is 11.1 Å². The quantitative estimate of drug-likeness (QED) is 0.771. The average molecular weight is 252 g/mol. The van der Waals surface area contributed by atoms with E-state index in [2.05, 4.69) is 15.3 Å². The average Bonchev–Trinajstić information content (AvgIpc) is 2.93. The highest BCUT2D eigenvalue weighted by Gasteiger charge is 2.06. The Morgan fingerprint density at radius 1 is 1.21 bits per heavy atom. The molecule has 94 valence electrons. The van der Waals surface area contributed by atoms with E-state index < -0.39 is 0 Å². The number of hydrogen-bond donors (Lipinski definition) is 1. The zero-order valence-corrected chi connectivity index (χ0v) is 10.2. The second-order valence-corrected chi connectivity index (χ2v) is 4.18. The number of amides is 1. The Labute approximate surface area is 109 Å². The predicted octanol–water partition coefficient (Wildman–Crippen LogP) is 1.66. The minimum atomic E-state index is -0.0967. The van der Waals surface area contributed by atoms with E-state index in [4.69, 9.17) is 0 Å². The van der Waals surface area contributed by atoms with Crippen molar-refractivity contribution >= 4 is 11.4 Å². The fourth-order valence-electron chi connectivity index (χ4n) is 1.85. The molecule has 0 saturated heterocycles. The molecular formula is C14H12N4O. The fraction of sp³-hybridized carbons (Fsp3) is 0.0714. The van der Waals surface area contributed by atoms with Gasteiger partial charge in [-0.1, -0.05) is 0 Å². The van der Waals surface area contributed by atoms with Crippen molar-refractivity contribution in [3.05, 3.63) is 66.5 Å². The number of rotatable bonds is 3. The Morgan fingerprint density at radius 3 is 2.89 bits per heavy atom. The Kier molecular flexibility index (Phi) is 2.94. The van der Waals surface area contributed by atoms with Gasteiger partial charge in [0.2, 0.25) is 0 Å². The summed E-state index contributed by atoms with van der Waals surface area (Å²) in [6.45, 7) is 0.492. The van der Waals surface area contributed by atoms with Gasteiger partial charge in [-0.2, -0.15) is 0 Å². The van der Waals surface area contributed by atoms with Gasteiger partial charge in [0.1, 0.15) is 0 Å². The summed E-state index contributed by atoms with van der Waals surface area (Å²) in [5.74, 6) is -0.0967. The van der Waals surface area contributed by atoms with Crippen LogP contribution in [0.5, 0.6) is 0 Å². The normalized spacial score (nSPS) is 10.5. The van der Waals surface area contributed by atoms with Gasteiger partial charge in [-0.25, -0.2) is 4.98 Å². The van der Waals surface area contributed by atoms with Crippen molar-refractivity contribution in [1.29, 1.82) is 0 Å². The molecule has 0 bridgehead atoms. The number of nitrogens with zero attached hydrogens (tertiary/aromatic N) is 3. The van der Waals surface area contributed by atoms with Crippen molar-refractivity contribution < 1.29 is 4.79 Å². The highest BCUT2D eigenvalue weighted by Crippen LogP contribution is 2.07. The summed E-state index contributed by atoms with van der Waals surface area (Å²) in [7, 11) is 0. The molecule has 0 spiro atoms. The van der Waals surface area contributed by atoms with Crippen molar-refractivity contribution in [2.45, 2.75) is 6.54 Å². The maximum atomic E-state index is 12.0. The molecule has 19 heavy (non-hydrogen) atoms. The van der Waals surface area contributed by atoms with Crippen LogP contribution in [0.3, 0.4) is 0 Å². The molecule has 3 heterocycles. The monoisotopic (exact) mass is 252 g/mol. The summed E-state index contributed by atoms with van der Waals surface area (Å²) < 4.78 is 1.86. The van der Waals surface area contributed by atoms with Crippen LogP contribution in [-0.4, -0.2) is 20.3 Å². The Balaban J connectivity index is 1.73. The molecule has 5 nitrogen and oxygen atoms in total. The van der Waals surface area contributed by atoms with Crippen molar-refractivity contribution in [3.63, 3.8) is 0 Å². The van der Waals surface area contributed by atoms with E-state index in [1.54, 1.807) is 31.0 Å². The van der Waals surface area contributed by atoms with Gasteiger partial charge in [-0.3, -0.25) is 9.78 Å². The first-order valence-electron chi connectivity index (χ1n) is 5.92. The van der Waals surface area contributed by atoms with Crippen LogP contribution in [0.4, 0.5) is 0 Å². The van der Waals surface area contributed by atoms with Crippen LogP contribution in [0.2, 0.25) is 0 Å². The summed E-state index contributed by atoms with van der Waals surface area (Å²) in [5.41, 5.74) is 2.55. The number of carbonyl (C=O) groups is 1. The molecule has 3 aromatic heterocycles. The highest BCUT2D eigenvalue weighted by atomic mass is 16.1. The van der Waals surface area contributed by atoms with Crippen molar-refractivity contribution in [2.75, 3.05) is 0 Å². The van der Waals surface area contributed by atoms with E-state index in [1.807, 2.05) is 28.8 Å². The topological polar surface area (TPSA) is 59.3 Å². The SMILES string of the molecule is O=C(NCc1ccncc1)c1ccn2cncc2c1. The molecule has 1 amide bonds. The highest BCUT2D eigenvalue weighted by molar-refractivity contribution is 5.95. The lowest BCUT2D eigenvalue weighted by Crippen LogP contribution is -2.22. The van der Waals surface area contributed by atoms with Gasteiger partial charge < -0.3 is 9.72 Å². The van der Waals surface area contributed by atoms with Crippen molar-refractivity contribution in [3.8, 4) is 0 Å². The number of fused-ring (bicyclic) bond motifs is 1. The molecule has 3 rings (SSSR count). The van der Waals surface area contributed by atoms with Gasteiger partial charge >= 0.3 is 0 Å². The van der Waals surface area contributed by atoms with E-state index in [1.165, 1.54) is 0 Å². The maximum absolute atomic E-state index is 12.0. The molecule has 0 saturated carbocycles. The molecule has 0 aliphatic rings. The summed E-state index contributed by atoms with van der Waals surface area (Å²) in [6, 6.07) is 7.34. The molecular weight excluding hydrogens is 240 g/mol. The first-order chi connectivity index (χ1) is 9.33. The summed E-state index contributed by atoms with van der Waals surface area (Å²) in [6.07, 6.45) is 8.66. The molecule has 0 aliphatic heterocycles. The molecule has 5 heteroatoms. The minimum absolute atomic E-state index is 0.0967. The lowest BCUT2D eigenvalue weighted by atomic mass is 10.2. The van der Waals surface area contributed by atoms with E-state index in [9.17, 15) is 4.79 Å². The minimum Gasteiger partial charge on any atom is -0.348 e. The largest absolute Gasteiger partial charge is 0.348 e. The molecule has 1 N–H and O–H groups in total. The lowest BCUT2D eigenvalue weighted by molar-refractivity contribution is 0.0951. The fourth-order valence-corrected chi connectivity index (χ4v) is 1.85. The van der Waals surface area contributed by atoms with Gasteiger partial charge in [0.15, 0.2) is 0 Å². The number of nitrogens with one attached hydrogen (secondary N) is 1. The number of hydrogen-bond acceptors (Lipinski definition) is 3. The van der Waals surface area contributed by atoms with Crippen LogP contribution >= 0.6 is 0 Å². The molecule has 0 radical (unpaired) electrons. The molecule has 0 aromatic carbocycles. The van der Waals surface area contributed by atoms with Crippen LogP contribution in [-0.2, 0) is 6.54 Å². The molecule has 0 fully saturated rings. The number of pyridine rings is 2. The van der Waals surface area contributed by atoms with Crippen LogP contribution < -0.4 is 5.32 Å². The number of imidazole rings is 1. The van der Waals surface area contributed by atoms with Gasteiger partial charge in [0, 0.05) is 30.7 Å². The summed E-state index contributed by atoms with van der Waals surface area (Å²) in [5, 5.41) is 2.88. The zero-order chi connectivity index (χ0) is 13.1. The number of aromatic nitrogens is 3. The lowest BCUT2D eigenvalue weighted by Gasteiger charge is -2.05. The van der Waals surface area contributed by atoms with Crippen molar-refractivity contribution in [2.24, 2.45) is 0 Å². The van der Waals surface area contributed by atoms with E-state index in [0.29, 0.717) is 12.1 Å². The maximum Gasteiger partial charge on any atom is 0.251 e. The zero-order valence-electron chi connectivity index (χ0n) is 10.2. The van der Waals surface area contributed by atoms with Crippen LogP contribution in [0.1, 0.15) is 15.9 Å². The van der Waals surface area contributed by atoms with Crippen molar-refractivity contribution in [1.82, 2.24) is 19.7 Å². The van der Waals surface area contributed by atoms with Gasteiger partial charge in [0.05, 0.1) is 18.0 Å². The predicted molar refractivity (Wildman–Crippen MR) is 70.6 cm³/mol. The third-order valence-electron chi connectivity index (χ3n) is 2.88. The Hall–Kier alpha value is -2.69. The first kappa shape index (κ1) is 11.4. The molecule has 0 unspecified atom stereocenters.